The summed E-state index contributed by atoms with van der Waals surface area (Å²) in [7, 11) is 0. The van der Waals surface area contributed by atoms with E-state index in [9.17, 15) is 0 Å². The van der Waals surface area contributed by atoms with Crippen LogP contribution in [-0.4, -0.2) is 15.7 Å². The Balaban J connectivity index is 2.28. The Morgan fingerprint density at radius 1 is 1.36 bits per heavy atom. The van der Waals surface area contributed by atoms with E-state index in [1.807, 2.05) is 17.8 Å². The maximum atomic E-state index is 3.64. The second kappa shape index (κ2) is 4.41. The van der Waals surface area contributed by atoms with E-state index in [0.29, 0.717) is 4.28 Å². The number of benzene rings is 1. The van der Waals surface area contributed by atoms with E-state index in [1.165, 1.54) is 11.3 Å². The lowest BCUT2D eigenvalue weighted by atomic mass is 10.1. The van der Waals surface area contributed by atoms with Crippen molar-refractivity contribution in [3.63, 3.8) is 0 Å². The molecule has 0 radical (unpaired) electrons. The minimum Gasteiger partial charge on any atom is -0.349 e. The Hall–Kier alpha value is -0.410. The Morgan fingerprint density at radius 3 is 2.71 bits per heavy atom. The molecule has 1 atom stereocenters. The molecule has 1 aromatic carbocycles. The highest BCUT2D eigenvalue weighted by molar-refractivity contribution is 9.11. The molecule has 1 aliphatic rings. The normalized spacial score (nSPS) is 21.1. The molecule has 0 aliphatic carbocycles. The molecule has 1 aromatic rings. The first kappa shape index (κ1) is 10.1. The van der Waals surface area contributed by atoms with Crippen molar-refractivity contribution in [1.82, 2.24) is 4.90 Å². The highest BCUT2D eigenvalue weighted by Crippen LogP contribution is 2.38. The van der Waals surface area contributed by atoms with E-state index >= 15 is 0 Å². The molecule has 74 valence electrons. The van der Waals surface area contributed by atoms with Gasteiger partial charge in [0.25, 0.3) is 0 Å². The predicted molar refractivity (Wildman–Crippen MR) is 67.1 cm³/mol. The third kappa shape index (κ3) is 1.84. The second-order valence-electron chi connectivity index (χ2n) is 3.08. The molecular weight excluding hydrogens is 258 g/mol. The van der Waals surface area contributed by atoms with Gasteiger partial charge >= 0.3 is 0 Å². The lowest BCUT2D eigenvalue weighted by Crippen LogP contribution is -2.22. The highest BCUT2D eigenvalue weighted by atomic mass is 79.9. The SMILES string of the molecule is CCN1C(c2ccccc2)=CSC1Br. The number of hydrogen-bond donors (Lipinski definition) is 0. The third-order valence-corrected chi connectivity index (χ3v) is 4.24. The average molecular weight is 270 g/mol. The van der Waals surface area contributed by atoms with Gasteiger partial charge in [-0.3, -0.25) is 0 Å². The molecular formula is C11H12BrNS. The molecule has 1 heterocycles. The molecule has 1 nitrogen and oxygen atoms in total. The maximum Gasteiger partial charge on any atom is 0.135 e. The van der Waals surface area contributed by atoms with Crippen LogP contribution in [-0.2, 0) is 0 Å². The van der Waals surface area contributed by atoms with Crippen LogP contribution >= 0.6 is 27.7 Å². The summed E-state index contributed by atoms with van der Waals surface area (Å²) in [6.07, 6.45) is 0. The molecule has 3 heteroatoms. The summed E-state index contributed by atoms with van der Waals surface area (Å²) in [5.41, 5.74) is 2.61. The second-order valence-corrected chi connectivity index (χ2v) is 5.51. The van der Waals surface area contributed by atoms with E-state index < -0.39 is 0 Å². The fourth-order valence-corrected chi connectivity index (χ4v) is 3.28. The number of thioether (sulfide) groups is 1. The van der Waals surface area contributed by atoms with E-state index in [1.54, 1.807) is 0 Å². The minimum absolute atomic E-state index is 0.391. The van der Waals surface area contributed by atoms with Crippen LogP contribution in [0, 0.1) is 0 Å². The predicted octanol–water partition coefficient (Wildman–Crippen LogP) is 3.73. The first-order valence-electron chi connectivity index (χ1n) is 4.64. The highest BCUT2D eigenvalue weighted by Gasteiger charge is 2.23. The zero-order valence-corrected chi connectivity index (χ0v) is 10.4. The van der Waals surface area contributed by atoms with Crippen LogP contribution in [0.1, 0.15) is 12.5 Å². The lowest BCUT2D eigenvalue weighted by Gasteiger charge is -2.23. The van der Waals surface area contributed by atoms with Gasteiger partial charge in [0.1, 0.15) is 4.28 Å². The standard InChI is InChI=1S/C11H12BrNS/c1-2-13-10(8-14-11(13)12)9-6-4-3-5-7-9/h3-8,11H,2H2,1H3. The van der Waals surface area contributed by atoms with Gasteiger partial charge in [0.2, 0.25) is 0 Å². The molecule has 0 saturated heterocycles. The van der Waals surface area contributed by atoms with Crippen LogP contribution < -0.4 is 0 Å². The summed E-state index contributed by atoms with van der Waals surface area (Å²) in [5, 5.41) is 2.22. The van der Waals surface area contributed by atoms with Gasteiger partial charge in [0, 0.05) is 6.54 Å². The van der Waals surface area contributed by atoms with Crippen LogP contribution in [0.15, 0.2) is 35.7 Å². The summed E-state index contributed by atoms with van der Waals surface area (Å²) >= 11 is 5.45. The van der Waals surface area contributed by atoms with Crippen molar-refractivity contribution in [1.29, 1.82) is 0 Å². The van der Waals surface area contributed by atoms with Crippen molar-refractivity contribution in [2.24, 2.45) is 0 Å². The van der Waals surface area contributed by atoms with Crippen molar-refractivity contribution in [3.05, 3.63) is 41.3 Å². The largest absolute Gasteiger partial charge is 0.349 e. The smallest absolute Gasteiger partial charge is 0.135 e. The van der Waals surface area contributed by atoms with Gasteiger partial charge in [-0.1, -0.05) is 58.0 Å². The number of alkyl halides is 1. The first-order chi connectivity index (χ1) is 6.83. The Morgan fingerprint density at radius 2 is 2.07 bits per heavy atom. The molecule has 14 heavy (non-hydrogen) atoms. The van der Waals surface area contributed by atoms with Crippen LogP contribution in [0.4, 0.5) is 0 Å². The summed E-state index contributed by atoms with van der Waals surface area (Å²) in [6.45, 7) is 3.21. The van der Waals surface area contributed by atoms with Crippen LogP contribution in [0.5, 0.6) is 0 Å². The number of hydrogen-bond acceptors (Lipinski definition) is 2. The van der Waals surface area contributed by atoms with E-state index in [2.05, 4.69) is 57.4 Å². The van der Waals surface area contributed by atoms with Crippen molar-refractivity contribution in [2.75, 3.05) is 6.54 Å². The molecule has 0 spiro atoms. The van der Waals surface area contributed by atoms with Crippen LogP contribution in [0.2, 0.25) is 0 Å². The maximum absolute atomic E-state index is 3.64. The minimum atomic E-state index is 0.391. The molecule has 0 fully saturated rings. The van der Waals surface area contributed by atoms with Gasteiger partial charge in [0.15, 0.2) is 0 Å². The lowest BCUT2D eigenvalue weighted by molar-refractivity contribution is 0.479. The Labute approximate surface area is 97.3 Å². The van der Waals surface area contributed by atoms with Crippen molar-refractivity contribution in [2.45, 2.75) is 11.2 Å². The van der Waals surface area contributed by atoms with Crippen LogP contribution in [0.3, 0.4) is 0 Å². The van der Waals surface area contributed by atoms with Gasteiger partial charge in [-0.15, -0.1) is 0 Å². The molecule has 0 saturated carbocycles. The van der Waals surface area contributed by atoms with Crippen molar-refractivity contribution >= 4 is 33.4 Å². The van der Waals surface area contributed by atoms with Crippen LogP contribution in [0.25, 0.3) is 5.70 Å². The quantitative estimate of drug-likeness (QED) is 0.595. The van der Waals surface area contributed by atoms with E-state index in [4.69, 9.17) is 0 Å². The van der Waals surface area contributed by atoms with Crippen molar-refractivity contribution in [3.8, 4) is 0 Å². The summed E-state index contributed by atoms with van der Waals surface area (Å²) in [6, 6.07) is 10.5. The Kier molecular flexibility index (Phi) is 3.19. The number of halogens is 1. The van der Waals surface area contributed by atoms with E-state index in [0.717, 1.165) is 6.54 Å². The van der Waals surface area contributed by atoms with E-state index in [-0.39, 0.29) is 0 Å². The molecule has 2 rings (SSSR count). The zero-order valence-electron chi connectivity index (χ0n) is 7.98. The van der Waals surface area contributed by atoms with Gasteiger partial charge in [0.05, 0.1) is 5.70 Å². The van der Waals surface area contributed by atoms with Crippen molar-refractivity contribution < 1.29 is 0 Å². The fourth-order valence-electron chi connectivity index (χ4n) is 1.53. The number of rotatable bonds is 2. The first-order valence-corrected chi connectivity index (χ1v) is 6.50. The molecule has 0 bridgehead atoms. The molecule has 0 N–H and O–H groups in total. The van der Waals surface area contributed by atoms with Gasteiger partial charge < -0.3 is 4.90 Å². The summed E-state index contributed by atoms with van der Waals surface area (Å²) < 4.78 is 0.391. The third-order valence-electron chi connectivity index (χ3n) is 2.26. The monoisotopic (exact) mass is 269 g/mol. The summed E-state index contributed by atoms with van der Waals surface area (Å²) in [4.78, 5) is 2.35. The molecule has 1 unspecified atom stereocenters. The molecule has 0 amide bonds. The van der Waals surface area contributed by atoms with Gasteiger partial charge in [-0.05, 0) is 17.9 Å². The number of nitrogens with zero attached hydrogens (tertiary/aromatic N) is 1. The molecule has 1 aliphatic heterocycles. The average Bonchev–Trinajstić information content (AvgIpc) is 2.61. The summed E-state index contributed by atoms with van der Waals surface area (Å²) in [5.74, 6) is 0. The van der Waals surface area contributed by atoms with Gasteiger partial charge in [-0.2, -0.15) is 0 Å². The Bertz CT molecular complexity index is 336. The zero-order chi connectivity index (χ0) is 9.97. The fraction of sp³-hybridized carbons (Fsp3) is 0.273. The van der Waals surface area contributed by atoms with Gasteiger partial charge in [-0.25, -0.2) is 0 Å². The molecule has 0 aromatic heterocycles. The topological polar surface area (TPSA) is 3.24 Å².